The summed E-state index contributed by atoms with van der Waals surface area (Å²) in [4.78, 5) is 0. The Morgan fingerprint density at radius 3 is 2.23 bits per heavy atom. The Balaban J connectivity index is 4.17. The lowest BCUT2D eigenvalue weighted by Gasteiger charge is -2.34. The molecule has 2 atom stereocenters. The minimum Gasteiger partial charge on any atom is -0.377 e. The monoisotopic (exact) mass is 187 g/mol. The summed E-state index contributed by atoms with van der Waals surface area (Å²) >= 11 is 0. The number of rotatable bonds is 6. The largest absolute Gasteiger partial charge is 0.377 e. The van der Waals surface area contributed by atoms with E-state index in [4.69, 9.17) is 4.74 Å². The molecule has 0 aromatic carbocycles. The van der Waals surface area contributed by atoms with Crippen LogP contribution in [-0.2, 0) is 4.74 Å². The van der Waals surface area contributed by atoms with E-state index in [0.29, 0.717) is 6.04 Å². The molecule has 13 heavy (non-hydrogen) atoms. The molecule has 0 saturated heterocycles. The van der Waals surface area contributed by atoms with E-state index in [-0.39, 0.29) is 5.60 Å². The predicted octanol–water partition coefficient (Wildman–Crippen LogP) is 2.44. The highest BCUT2D eigenvalue weighted by Gasteiger charge is 2.28. The molecule has 0 saturated carbocycles. The van der Waals surface area contributed by atoms with Gasteiger partial charge in [-0.25, -0.2) is 0 Å². The van der Waals surface area contributed by atoms with Gasteiger partial charge < -0.3 is 10.1 Å². The van der Waals surface area contributed by atoms with Crippen molar-refractivity contribution in [3.63, 3.8) is 0 Å². The van der Waals surface area contributed by atoms with Gasteiger partial charge in [0.25, 0.3) is 0 Å². The van der Waals surface area contributed by atoms with Crippen molar-refractivity contribution in [2.45, 2.75) is 52.2 Å². The summed E-state index contributed by atoms with van der Waals surface area (Å²) in [6, 6.07) is 0.437. The van der Waals surface area contributed by atoms with Gasteiger partial charge in [0.2, 0.25) is 0 Å². The molecule has 0 rings (SSSR count). The van der Waals surface area contributed by atoms with E-state index in [0.717, 1.165) is 5.92 Å². The summed E-state index contributed by atoms with van der Waals surface area (Å²) in [6.07, 6.45) is 2.41. The van der Waals surface area contributed by atoms with Crippen LogP contribution in [-0.4, -0.2) is 25.8 Å². The van der Waals surface area contributed by atoms with Crippen LogP contribution in [0.25, 0.3) is 0 Å². The first-order valence-corrected chi connectivity index (χ1v) is 5.20. The van der Waals surface area contributed by atoms with Gasteiger partial charge in [0.05, 0.1) is 5.60 Å². The second-order valence-corrected chi connectivity index (χ2v) is 4.40. The number of methoxy groups -OCH3 is 1. The van der Waals surface area contributed by atoms with E-state index < -0.39 is 0 Å². The second kappa shape index (κ2) is 5.61. The normalized spacial score (nSPS) is 17.1. The van der Waals surface area contributed by atoms with Gasteiger partial charge in [0.1, 0.15) is 0 Å². The summed E-state index contributed by atoms with van der Waals surface area (Å²) in [5.41, 5.74) is -0.0712. The topological polar surface area (TPSA) is 21.3 Å². The fraction of sp³-hybridized carbons (Fsp3) is 1.00. The molecule has 1 N–H and O–H groups in total. The van der Waals surface area contributed by atoms with E-state index in [1.54, 1.807) is 7.11 Å². The standard InChI is InChI=1S/C11H25NO/c1-7-9(2)8-10(12-5)11(3,4)13-6/h9-10,12H,7-8H2,1-6H3. The molecule has 0 aromatic heterocycles. The highest BCUT2D eigenvalue weighted by molar-refractivity contribution is 4.85. The van der Waals surface area contributed by atoms with Crippen molar-refractivity contribution in [1.29, 1.82) is 0 Å². The molecule has 2 nitrogen and oxygen atoms in total. The summed E-state index contributed by atoms with van der Waals surface area (Å²) in [7, 11) is 3.79. The van der Waals surface area contributed by atoms with Gasteiger partial charge in [-0.15, -0.1) is 0 Å². The van der Waals surface area contributed by atoms with Gasteiger partial charge in [-0.05, 0) is 33.2 Å². The number of ether oxygens (including phenoxy) is 1. The van der Waals surface area contributed by atoms with E-state index in [1.165, 1.54) is 12.8 Å². The van der Waals surface area contributed by atoms with Gasteiger partial charge in [-0.1, -0.05) is 20.3 Å². The van der Waals surface area contributed by atoms with Crippen LogP contribution >= 0.6 is 0 Å². The molecule has 0 aliphatic carbocycles. The van der Waals surface area contributed by atoms with Crippen molar-refractivity contribution < 1.29 is 4.74 Å². The molecule has 0 fully saturated rings. The Morgan fingerprint density at radius 2 is 1.92 bits per heavy atom. The quantitative estimate of drug-likeness (QED) is 0.689. The first-order chi connectivity index (χ1) is 5.97. The Hall–Kier alpha value is -0.0800. The second-order valence-electron chi connectivity index (χ2n) is 4.40. The van der Waals surface area contributed by atoms with Crippen LogP contribution in [0, 0.1) is 5.92 Å². The first-order valence-electron chi connectivity index (χ1n) is 5.20. The molecule has 0 aromatic rings. The third-order valence-electron chi connectivity index (χ3n) is 3.05. The minimum absolute atomic E-state index is 0.0712. The molecular weight excluding hydrogens is 162 g/mol. The zero-order chi connectivity index (χ0) is 10.5. The maximum atomic E-state index is 5.47. The maximum absolute atomic E-state index is 5.47. The Bertz CT molecular complexity index is 134. The van der Waals surface area contributed by atoms with Crippen molar-refractivity contribution in [3.05, 3.63) is 0 Å². The summed E-state index contributed by atoms with van der Waals surface area (Å²) < 4.78 is 5.47. The fourth-order valence-corrected chi connectivity index (χ4v) is 1.46. The third-order valence-corrected chi connectivity index (χ3v) is 3.05. The lowest BCUT2D eigenvalue weighted by atomic mass is 9.89. The lowest BCUT2D eigenvalue weighted by molar-refractivity contribution is -0.0143. The zero-order valence-electron chi connectivity index (χ0n) is 9.98. The van der Waals surface area contributed by atoms with Crippen LogP contribution in [0.2, 0.25) is 0 Å². The first kappa shape index (κ1) is 12.9. The highest BCUT2D eigenvalue weighted by atomic mass is 16.5. The Kier molecular flexibility index (Phi) is 5.57. The molecule has 0 bridgehead atoms. The smallest absolute Gasteiger partial charge is 0.0775 e. The van der Waals surface area contributed by atoms with Crippen molar-refractivity contribution in [3.8, 4) is 0 Å². The van der Waals surface area contributed by atoms with Gasteiger partial charge in [-0.2, -0.15) is 0 Å². The average molecular weight is 187 g/mol. The molecule has 2 heteroatoms. The molecule has 0 amide bonds. The number of hydrogen-bond acceptors (Lipinski definition) is 2. The molecule has 0 radical (unpaired) electrons. The number of hydrogen-bond donors (Lipinski definition) is 1. The maximum Gasteiger partial charge on any atom is 0.0775 e. The fourth-order valence-electron chi connectivity index (χ4n) is 1.46. The van der Waals surface area contributed by atoms with Gasteiger partial charge in [-0.3, -0.25) is 0 Å². The molecule has 0 spiro atoms. The highest BCUT2D eigenvalue weighted by Crippen LogP contribution is 2.21. The van der Waals surface area contributed by atoms with Crippen LogP contribution in [0.3, 0.4) is 0 Å². The third kappa shape index (κ3) is 4.10. The van der Waals surface area contributed by atoms with Crippen LogP contribution in [0.4, 0.5) is 0 Å². The van der Waals surface area contributed by atoms with Crippen molar-refractivity contribution >= 4 is 0 Å². The van der Waals surface area contributed by atoms with Crippen molar-refractivity contribution in [1.82, 2.24) is 5.32 Å². The molecule has 80 valence electrons. The van der Waals surface area contributed by atoms with Crippen LogP contribution in [0.1, 0.15) is 40.5 Å². The molecule has 0 aliphatic rings. The van der Waals surface area contributed by atoms with Gasteiger partial charge in [0, 0.05) is 13.2 Å². The van der Waals surface area contributed by atoms with Crippen LogP contribution in [0.15, 0.2) is 0 Å². The summed E-state index contributed by atoms with van der Waals surface area (Å²) in [5, 5.41) is 3.33. The SMILES string of the molecule is CCC(C)CC(NC)C(C)(C)OC. The molecule has 2 unspecified atom stereocenters. The van der Waals surface area contributed by atoms with E-state index in [1.807, 2.05) is 7.05 Å². The summed E-state index contributed by atoms with van der Waals surface area (Å²) in [6.45, 7) is 8.79. The Labute approximate surface area is 83.1 Å². The minimum atomic E-state index is -0.0712. The zero-order valence-corrected chi connectivity index (χ0v) is 9.98. The van der Waals surface area contributed by atoms with Crippen LogP contribution < -0.4 is 5.32 Å². The number of nitrogens with one attached hydrogen (secondary N) is 1. The van der Waals surface area contributed by atoms with Crippen molar-refractivity contribution in [2.75, 3.05) is 14.2 Å². The van der Waals surface area contributed by atoms with Gasteiger partial charge in [0.15, 0.2) is 0 Å². The molecule has 0 aliphatic heterocycles. The lowest BCUT2D eigenvalue weighted by Crippen LogP contribution is -2.47. The van der Waals surface area contributed by atoms with Gasteiger partial charge >= 0.3 is 0 Å². The average Bonchev–Trinajstić information content (AvgIpc) is 2.13. The Morgan fingerprint density at radius 1 is 1.38 bits per heavy atom. The number of likely N-dealkylation sites (N-methyl/N-ethyl adjacent to an activating group) is 1. The molecule has 0 heterocycles. The summed E-state index contributed by atoms with van der Waals surface area (Å²) in [5.74, 6) is 0.756. The van der Waals surface area contributed by atoms with E-state index >= 15 is 0 Å². The van der Waals surface area contributed by atoms with Crippen molar-refractivity contribution in [2.24, 2.45) is 5.92 Å². The van der Waals surface area contributed by atoms with E-state index in [2.05, 4.69) is 33.0 Å². The van der Waals surface area contributed by atoms with E-state index in [9.17, 15) is 0 Å². The van der Waals surface area contributed by atoms with Crippen LogP contribution in [0.5, 0.6) is 0 Å². The molecular formula is C11H25NO. The predicted molar refractivity (Wildman–Crippen MR) is 58.0 cm³/mol.